The van der Waals surface area contributed by atoms with Gasteiger partial charge in [-0.05, 0) is 51.6 Å². The van der Waals surface area contributed by atoms with Gasteiger partial charge in [0.05, 0.1) is 16.6 Å². The highest BCUT2D eigenvalue weighted by molar-refractivity contribution is 6.06. The van der Waals surface area contributed by atoms with E-state index in [1.165, 1.54) is 25.8 Å². The summed E-state index contributed by atoms with van der Waals surface area (Å²) in [5.74, 6) is 0.472. The number of fused-ring (bicyclic) bond motifs is 2. The van der Waals surface area contributed by atoms with E-state index >= 15 is 0 Å². The van der Waals surface area contributed by atoms with E-state index in [1.807, 2.05) is 13.0 Å². The Labute approximate surface area is 146 Å². The average Bonchev–Trinajstić information content (AvgIpc) is 3.32. The van der Waals surface area contributed by atoms with Crippen molar-refractivity contribution >= 4 is 17.0 Å². The third-order valence-electron chi connectivity index (χ3n) is 6.05. The Balaban J connectivity index is 1.45. The molecule has 5 rings (SSSR count). The molecule has 2 saturated heterocycles. The fraction of sp³-hybridized carbons (Fsp3) is 0.632. The van der Waals surface area contributed by atoms with Crippen molar-refractivity contribution < 1.29 is 9.32 Å². The number of aromatic nitrogens is 2. The van der Waals surface area contributed by atoms with Crippen LogP contribution in [-0.2, 0) is 0 Å². The van der Waals surface area contributed by atoms with Gasteiger partial charge in [-0.3, -0.25) is 9.69 Å². The summed E-state index contributed by atoms with van der Waals surface area (Å²) in [4.78, 5) is 20.2. The van der Waals surface area contributed by atoms with Crippen molar-refractivity contribution in [3.05, 3.63) is 23.0 Å². The minimum absolute atomic E-state index is 0.00183. The summed E-state index contributed by atoms with van der Waals surface area (Å²) in [5, 5.41) is 8.11. The molecule has 2 atom stereocenters. The molecule has 1 amide bonds. The van der Waals surface area contributed by atoms with E-state index < -0.39 is 0 Å². The van der Waals surface area contributed by atoms with Crippen molar-refractivity contribution in [1.29, 1.82) is 0 Å². The molecular weight excluding hydrogens is 316 g/mol. The van der Waals surface area contributed by atoms with Gasteiger partial charge in [0.25, 0.3) is 11.6 Å². The van der Waals surface area contributed by atoms with Gasteiger partial charge in [0.1, 0.15) is 0 Å². The lowest BCUT2D eigenvalue weighted by atomic mass is 9.98. The molecule has 3 fully saturated rings. The number of hydrogen-bond donors (Lipinski definition) is 1. The van der Waals surface area contributed by atoms with Gasteiger partial charge in [-0.15, -0.1) is 0 Å². The molecule has 6 nitrogen and oxygen atoms in total. The molecule has 2 unspecified atom stereocenters. The number of hydrogen-bond acceptors (Lipinski definition) is 5. The van der Waals surface area contributed by atoms with E-state index in [1.54, 1.807) is 0 Å². The smallest absolute Gasteiger partial charge is 0.259 e. The Morgan fingerprint density at radius 3 is 2.96 bits per heavy atom. The molecule has 6 heteroatoms. The minimum Gasteiger partial charge on any atom is -0.348 e. The number of carbonyl (C=O) groups excluding carboxylic acids is 1. The van der Waals surface area contributed by atoms with Crippen molar-refractivity contribution in [2.75, 3.05) is 13.1 Å². The molecule has 2 aromatic rings. The van der Waals surface area contributed by atoms with Gasteiger partial charge in [-0.2, -0.15) is 0 Å². The van der Waals surface area contributed by atoms with Crippen LogP contribution in [0, 0.1) is 6.92 Å². The van der Waals surface area contributed by atoms with Crippen molar-refractivity contribution in [2.45, 2.75) is 63.5 Å². The Morgan fingerprint density at radius 2 is 2.12 bits per heavy atom. The predicted octanol–water partition coefficient (Wildman–Crippen LogP) is 2.77. The van der Waals surface area contributed by atoms with Crippen molar-refractivity contribution in [1.82, 2.24) is 20.4 Å². The summed E-state index contributed by atoms with van der Waals surface area (Å²) < 4.78 is 5.36. The highest BCUT2D eigenvalue weighted by Crippen LogP contribution is 2.40. The summed E-state index contributed by atoms with van der Waals surface area (Å²) in [6, 6.07) is 2.72. The quantitative estimate of drug-likeness (QED) is 0.930. The topological polar surface area (TPSA) is 71.3 Å². The molecule has 3 aliphatic rings. The number of amides is 1. The van der Waals surface area contributed by atoms with E-state index in [4.69, 9.17) is 4.52 Å². The molecule has 1 saturated carbocycles. The fourth-order valence-corrected chi connectivity index (χ4v) is 4.54. The number of nitrogens with one attached hydrogen (secondary N) is 1. The Kier molecular flexibility index (Phi) is 3.55. The van der Waals surface area contributed by atoms with Crippen LogP contribution in [0.3, 0.4) is 0 Å². The van der Waals surface area contributed by atoms with Gasteiger partial charge in [0.15, 0.2) is 0 Å². The zero-order valence-electron chi connectivity index (χ0n) is 14.6. The number of pyridine rings is 1. The minimum atomic E-state index is -0.00183. The summed E-state index contributed by atoms with van der Waals surface area (Å²) in [7, 11) is 0. The first-order valence-corrected chi connectivity index (χ1v) is 9.52. The molecule has 0 bridgehead atoms. The number of carbonyl (C=O) groups is 1. The van der Waals surface area contributed by atoms with Gasteiger partial charge in [0.2, 0.25) is 0 Å². The monoisotopic (exact) mass is 340 g/mol. The van der Waals surface area contributed by atoms with Crippen molar-refractivity contribution in [3.8, 4) is 0 Å². The molecule has 2 aliphatic heterocycles. The van der Waals surface area contributed by atoms with E-state index in [0.29, 0.717) is 23.2 Å². The standard InChI is InChI=1S/C19H24N4O2/c1-11-17-13(10-15(12-5-6-12)21-19(17)25-22-11)18(24)20-14-7-9-23-8-3-2-4-16(14)23/h10,12,14,16H,2-9H2,1H3,(H,20,24). The van der Waals surface area contributed by atoms with Crippen LogP contribution in [0.2, 0.25) is 0 Å². The third-order valence-corrected chi connectivity index (χ3v) is 6.05. The highest BCUT2D eigenvalue weighted by atomic mass is 16.5. The van der Waals surface area contributed by atoms with Gasteiger partial charge in [0, 0.05) is 30.2 Å². The van der Waals surface area contributed by atoms with Crippen LogP contribution in [0.25, 0.3) is 11.1 Å². The highest BCUT2D eigenvalue weighted by Gasteiger charge is 2.37. The Morgan fingerprint density at radius 1 is 1.24 bits per heavy atom. The zero-order valence-corrected chi connectivity index (χ0v) is 14.6. The Bertz CT molecular complexity index is 826. The summed E-state index contributed by atoms with van der Waals surface area (Å²) in [6.07, 6.45) is 7.08. The lowest BCUT2D eigenvalue weighted by molar-refractivity contribution is 0.0916. The first kappa shape index (κ1) is 15.3. The normalized spacial score (nSPS) is 26.8. The van der Waals surface area contributed by atoms with Crippen LogP contribution in [0.1, 0.15) is 66.2 Å². The number of piperidine rings is 1. The van der Waals surface area contributed by atoms with Crippen LogP contribution >= 0.6 is 0 Å². The first-order chi connectivity index (χ1) is 12.2. The van der Waals surface area contributed by atoms with Gasteiger partial charge < -0.3 is 9.84 Å². The SMILES string of the molecule is Cc1noc2nc(C3CC3)cc(C(=O)NC3CCN4CCCCC34)c12. The van der Waals surface area contributed by atoms with Gasteiger partial charge >= 0.3 is 0 Å². The molecular formula is C19H24N4O2. The number of rotatable bonds is 3. The summed E-state index contributed by atoms with van der Waals surface area (Å²) in [6.45, 7) is 4.15. The molecule has 4 heterocycles. The molecule has 0 radical (unpaired) electrons. The first-order valence-electron chi connectivity index (χ1n) is 9.52. The van der Waals surface area contributed by atoms with Gasteiger partial charge in [-0.25, -0.2) is 4.98 Å². The maximum atomic E-state index is 13.1. The maximum absolute atomic E-state index is 13.1. The van der Waals surface area contributed by atoms with Gasteiger partial charge in [-0.1, -0.05) is 11.6 Å². The predicted molar refractivity (Wildman–Crippen MR) is 93.6 cm³/mol. The zero-order chi connectivity index (χ0) is 17.0. The van der Waals surface area contributed by atoms with Crippen LogP contribution in [0.15, 0.2) is 10.6 Å². The second-order valence-corrected chi connectivity index (χ2v) is 7.78. The molecule has 0 aromatic carbocycles. The molecule has 0 spiro atoms. The second-order valence-electron chi connectivity index (χ2n) is 7.78. The molecule has 2 aromatic heterocycles. The summed E-state index contributed by atoms with van der Waals surface area (Å²) in [5.41, 5.74) is 2.89. The summed E-state index contributed by atoms with van der Waals surface area (Å²) >= 11 is 0. The Hall–Kier alpha value is -1.95. The molecule has 1 N–H and O–H groups in total. The maximum Gasteiger partial charge on any atom is 0.259 e. The van der Waals surface area contributed by atoms with Crippen LogP contribution in [-0.4, -0.2) is 46.1 Å². The largest absolute Gasteiger partial charge is 0.348 e. The van der Waals surface area contributed by atoms with Crippen LogP contribution in [0.4, 0.5) is 0 Å². The van der Waals surface area contributed by atoms with Crippen LogP contribution in [0.5, 0.6) is 0 Å². The lowest BCUT2D eigenvalue weighted by Crippen LogP contribution is -2.46. The fourth-order valence-electron chi connectivity index (χ4n) is 4.54. The second kappa shape index (κ2) is 5.80. The van der Waals surface area contributed by atoms with Crippen molar-refractivity contribution in [2.24, 2.45) is 0 Å². The van der Waals surface area contributed by atoms with Crippen molar-refractivity contribution in [3.63, 3.8) is 0 Å². The molecule has 1 aliphatic carbocycles. The van der Waals surface area contributed by atoms with Crippen LogP contribution < -0.4 is 5.32 Å². The lowest BCUT2D eigenvalue weighted by Gasteiger charge is -2.32. The van der Waals surface area contributed by atoms with E-state index in [0.717, 1.165) is 42.6 Å². The molecule has 132 valence electrons. The molecule has 25 heavy (non-hydrogen) atoms. The van der Waals surface area contributed by atoms with E-state index in [9.17, 15) is 4.79 Å². The number of nitrogens with zero attached hydrogens (tertiary/aromatic N) is 3. The third kappa shape index (κ3) is 2.63. The average molecular weight is 340 g/mol. The van der Waals surface area contributed by atoms with E-state index in [2.05, 4.69) is 20.4 Å². The van der Waals surface area contributed by atoms with E-state index in [-0.39, 0.29) is 11.9 Å². The number of aryl methyl sites for hydroxylation is 1.